The summed E-state index contributed by atoms with van der Waals surface area (Å²) >= 11 is 0. The molecule has 0 atom stereocenters. The first-order valence-corrected chi connectivity index (χ1v) is 12.5. The van der Waals surface area contributed by atoms with Gasteiger partial charge in [-0.15, -0.1) is 0 Å². The lowest BCUT2D eigenvalue weighted by Gasteiger charge is -2.39. The summed E-state index contributed by atoms with van der Waals surface area (Å²) in [7, 11) is 0.0259. The van der Waals surface area contributed by atoms with Crippen molar-refractivity contribution in [2.24, 2.45) is 0 Å². The zero-order valence-electron chi connectivity index (χ0n) is 17.1. The monoisotopic (exact) mass is 358 g/mol. The largest absolute Gasteiger partial charge is 0.0689 e. The number of benzene rings is 1. The fraction of sp³-hybridized carbons (Fsp3) is 0.750. The Kier molecular flexibility index (Phi) is 7.01. The van der Waals surface area contributed by atoms with Gasteiger partial charge in [0.05, 0.1) is 0 Å². The lowest BCUT2D eigenvalue weighted by atomic mass is 9.96. The summed E-state index contributed by atoms with van der Waals surface area (Å²) in [5.41, 5.74) is 5.18. The third kappa shape index (κ3) is 4.88. The number of hydrogen-bond acceptors (Lipinski definition) is 0. The van der Waals surface area contributed by atoms with Crippen molar-refractivity contribution in [2.45, 2.75) is 115 Å². The Morgan fingerprint density at radius 3 is 1.40 bits per heavy atom. The van der Waals surface area contributed by atoms with Gasteiger partial charge in [0.1, 0.15) is 0 Å². The third-order valence-electron chi connectivity index (χ3n) is 6.53. The highest BCUT2D eigenvalue weighted by Gasteiger charge is 2.32. The molecule has 0 bridgehead atoms. The van der Waals surface area contributed by atoms with Gasteiger partial charge in [-0.3, -0.25) is 0 Å². The van der Waals surface area contributed by atoms with Crippen LogP contribution in [-0.4, -0.2) is 11.3 Å². The lowest BCUT2D eigenvalue weighted by Crippen LogP contribution is -2.26. The molecule has 0 nitrogen and oxygen atoms in total. The van der Waals surface area contributed by atoms with E-state index in [2.05, 4.69) is 45.9 Å². The Morgan fingerprint density at radius 1 is 0.640 bits per heavy atom. The van der Waals surface area contributed by atoms with Crippen LogP contribution in [0.2, 0.25) is 0 Å². The van der Waals surface area contributed by atoms with E-state index in [1.54, 1.807) is 16.4 Å². The van der Waals surface area contributed by atoms with Crippen molar-refractivity contribution < 1.29 is 0 Å². The van der Waals surface area contributed by atoms with E-state index in [0.717, 1.165) is 11.3 Å². The molecule has 0 radical (unpaired) electrons. The molecule has 2 aliphatic rings. The van der Waals surface area contributed by atoms with Crippen LogP contribution in [-0.2, 0) is 0 Å². The molecular weight excluding hydrogens is 319 g/mol. The van der Waals surface area contributed by atoms with Crippen LogP contribution in [0, 0.1) is 0 Å². The zero-order valence-corrected chi connectivity index (χ0v) is 18.0. The van der Waals surface area contributed by atoms with Crippen LogP contribution in [0.15, 0.2) is 18.2 Å². The molecule has 0 amide bonds. The minimum atomic E-state index is 0.0259. The lowest BCUT2D eigenvalue weighted by molar-refractivity contribution is 0.487. The predicted octanol–water partition coefficient (Wildman–Crippen LogP) is 7.71. The Labute approximate surface area is 157 Å². The van der Waals surface area contributed by atoms with E-state index in [4.69, 9.17) is 0 Å². The highest BCUT2D eigenvalue weighted by Crippen LogP contribution is 2.55. The molecule has 2 fully saturated rings. The van der Waals surface area contributed by atoms with Crippen LogP contribution in [0.4, 0.5) is 0 Å². The van der Waals surface area contributed by atoms with Crippen LogP contribution in [0.25, 0.3) is 0 Å². The summed E-state index contributed by atoms with van der Waals surface area (Å²) in [5, 5.41) is 1.77. The van der Waals surface area contributed by atoms with Gasteiger partial charge in [0.25, 0.3) is 0 Å². The number of rotatable bonds is 5. The minimum Gasteiger partial charge on any atom is -0.0689 e. The summed E-state index contributed by atoms with van der Waals surface area (Å²) in [6.07, 6.45) is 14.9. The second kappa shape index (κ2) is 9.03. The number of hydrogen-bond donors (Lipinski definition) is 0. The molecule has 1 aromatic rings. The fourth-order valence-electron chi connectivity index (χ4n) is 4.91. The Morgan fingerprint density at radius 2 is 1.04 bits per heavy atom. The second-order valence-electron chi connectivity index (χ2n) is 9.16. The highest BCUT2D eigenvalue weighted by atomic mass is 31.1. The highest BCUT2D eigenvalue weighted by molar-refractivity contribution is 7.67. The molecule has 1 heteroatoms. The quantitative estimate of drug-likeness (QED) is 0.473. The van der Waals surface area contributed by atoms with E-state index < -0.39 is 0 Å². The molecule has 0 saturated heterocycles. The fourth-order valence-corrected chi connectivity index (χ4v) is 8.79. The van der Waals surface area contributed by atoms with Crippen LogP contribution < -0.4 is 5.30 Å². The van der Waals surface area contributed by atoms with Gasteiger partial charge in [-0.1, -0.05) is 92.3 Å². The average Bonchev–Trinajstić information content (AvgIpc) is 2.63. The van der Waals surface area contributed by atoms with E-state index in [1.165, 1.54) is 64.2 Å². The van der Waals surface area contributed by atoms with Crippen molar-refractivity contribution >= 4 is 13.2 Å². The smallest absolute Gasteiger partial charge is 0.0166 e. The van der Waals surface area contributed by atoms with Crippen molar-refractivity contribution in [3.05, 3.63) is 29.3 Å². The summed E-state index contributed by atoms with van der Waals surface area (Å²) in [4.78, 5) is 0. The van der Waals surface area contributed by atoms with Crippen LogP contribution in [0.1, 0.15) is 115 Å². The van der Waals surface area contributed by atoms with Gasteiger partial charge < -0.3 is 0 Å². The van der Waals surface area contributed by atoms with Crippen molar-refractivity contribution in [2.75, 3.05) is 0 Å². The van der Waals surface area contributed by atoms with Crippen molar-refractivity contribution in [3.8, 4) is 0 Å². The van der Waals surface area contributed by atoms with Crippen LogP contribution >= 0.6 is 7.92 Å². The minimum absolute atomic E-state index is 0.0259. The van der Waals surface area contributed by atoms with Crippen molar-refractivity contribution in [3.63, 3.8) is 0 Å². The molecule has 2 aliphatic carbocycles. The maximum absolute atomic E-state index is 2.63. The van der Waals surface area contributed by atoms with Gasteiger partial charge in [-0.05, 0) is 65.3 Å². The van der Waals surface area contributed by atoms with Gasteiger partial charge in [0.15, 0.2) is 0 Å². The van der Waals surface area contributed by atoms with E-state index in [-0.39, 0.29) is 7.92 Å². The topological polar surface area (TPSA) is 0 Å². The summed E-state index contributed by atoms with van der Waals surface area (Å²) in [6, 6.07) is 7.75. The Balaban J connectivity index is 1.98. The Hall–Kier alpha value is -0.350. The molecule has 0 heterocycles. The standard InChI is InChI=1S/C24H39P/c1-18(2)20-15-21(19(3)4)17-24(16-20)25(22-11-7-5-8-12-22)23-13-9-6-10-14-23/h15-19,22-23H,5-14H2,1-4H3. The van der Waals surface area contributed by atoms with Crippen LogP contribution in [0.5, 0.6) is 0 Å². The molecule has 0 unspecified atom stereocenters. The van der Waals surface area contributed by atoms with E-state index in [0.29, 0.717) is 11.8 Å². The van der Waals surface area contributed by atoms with Gasteiger partial charge in [0, 0.05) is 0 Å². The normalized spacial score (nSPS) is 20.8. The molecule has 1 aromatic carbocycles. The van der Waals surface area contributed by atoms with E-state index in [1.807, 2.05) is 0 Å². The molecule has 0 aromatic heterocycles. The molecule has 0 aliphatic heterocycles. The van der Waals surface area contributed by atoms with Gasteiger partial charge >= 0.3 is 0 Å². The SMILES string of the molecule is CC(C)c1cc(C(C)C)cc(P(C2CCCCC2)C2CCCCC2)c1. The first-order chi connectivity index (χ1) is 12.1. The maximum atomic E-state index is 2.63. The molecule has 3 rings (SSSR count). The van der Waals surface area contributed by atoms with Gasteiger partial charge in [-0.25, -0.2) is 0 Å². The first kappa shape index (κ1) is 19.4. The molecule has 0 spiro atoms. The second-order valence-corrected chi connectivity index (χ2v) is 11.9. The van der Waals surface area contributed by atoms with Gasteiger partial charge in [-0.2, -0.15) is 0 Å². The molecule has 25 heavy (non-hydrogen) atoms. The van der Waals surface area contributed by atoms with Crippen LogP contribution in [0.3, 0.4) is 0 Å². The maximum Gasteiger partial charge on any atom is -0.0166 e. The van der Waals surface area contributed by atoms with Crippen molar-refractivity contribution in [1.82, 2.24) is 0 Å². The summed E-state index contributed by atoms with van der Waals surface area (Å²) < 4.78 is 0. The zero-order chi connectivity index (χ0) is 17.8. The summed E-state index contributed by atoms with van der Waals surface area (Å²) in [5.74, 6) is 1.29. The van der Waals surface area contributed by atoms with Crippen molar-refractivity contribution in [1.29, 1.82) is 0 Å². The first-order valence-electron chi connectivity index (χ1n) is 11.0. The predicted molar refractivity (Wildman–Crippen MR) is 115 cm³/mol. The molecule has 0 N–H and O–H groups in total. The average molecular weight is 359 g/mol. The van der Waals surface area contributed by atoms with E-state index in [9.17, 15) is 0 Å². The third-order valence-corrected chi connectivity index (χ3v) is 9.99. The molecular formula is C24H39P. The summed E-state index contributed by atoms with van der Waals surface area (Å²) in [6.45, 7) is 9.47. The molecule has 2 saturated carbocycles. The molecule has 140 valence electrons. The van der Waals surface area contributed by atoms with E-state index >= 15 is 0 Å². The van der Waals surface area contributed by atoms with Gasteiger partial charge in [0.2, 0.25) is 0 Å². The Bertz CT molecular complexity index is 489.